The Morgan fingerprint density at radius 1 is 0.872 bits per heavy atom. The van der Waals surface area contributed by atoms with E-state index in [9.17, 15) is 29.1 Å². The SMILES string of the molecule is CCC(C)C(NC(=O)[C@H](C(C)CC)N(C)C(C)=O)C(=O)N[C@H](C(=O)N[C@@H](CC(C)C)C(=O)[C@@]1(C)CO1)C(C)O. The van der Waals surface area contributed by atoms with Crippen LogP contribution < -0.4 is 16.0 Å². The zero-order valence-electron chi connectivity index (χ0n) is 25.3. The van der Waals surface area contributed by atoms with Crippen LogP contribution in [0.4, 0.5) is 0 Å². The van der Waals surface area contributed by atoms with Gasteiger partial charge in [-0.15, -0.1) is 0 Å². The maximum atomic E-state index is 13.4. The minimum atomic E-state index is -1.36. The molecule has 11 heteroatoms. The number of likely N-dealkylation sites (N-methyl/N-ethyl adjacent to an activating group) is 1. The molecule has 224 valence electrons. The summed E-state index contributed by atoms with van der Waals surface area (Å²) in [4.78, 5) is 66.4. The van der Waals surface area contributed by atoms with Crippen LogP contribution in [0.1, 0.15) is 81.6 Å². The van der Waals surface area contributed by atoms with Gasteiger partial charge in [0.2, 0.25) is 23.6 Å². The molecule has 1 saturated heterocycles. The first kappa shape index (κ1) is 34.5. The average Bonchev–Trinajstić information content (AvgIpc) is 3.61. The maximum Gasteiger partial charge on any atom is 0.245 e. The summed E-state index contributed by atoms with van der Waals surface area (Å²) >= 11 is 0. The molecule has 1 heterocycles. The minimum Gasteiger partial charge on any atom is -0.391 e. The lowest BCUT2D eigenvalue weighted by molar-refractivity contribution is -0.141. The van der Waals surface area contributed by atoms with E-state index in [1.54, 1.807) is 20.9 Å². The first-order valence-corrected chi connectivity index (χ1v) is 14.0. The van der Waals surface area contributed by atoms with Gasteiger partial charge in [-0.3, -0.25) is 24.0 Å². The third kappa shape index (κ3) is 9.56. The Bertz CT molecular complexity index is 887. The number of carbonyl (C=O) groups excluding carboxylic acids is 5. The average molecular weight is 555 g/mol. The summed E-state index contributed by atoms with van der Waals surface area (Å²) in [5, 5.41) is 18.5. The van der Waals surface area contributed by atoms with Gasteiger partial charge in [0.15, 0.2) is 5.78 Å². The molecule has 4 amide bonds. The normalized spacial score (nSPS) is 21.9. The minimum absolute atomic E-state index is 0.0952. The fraction of sp³-hybridized carbons (Fsp3) is 0.821. The summed E-state index contributed by atoms with van der Waals surface area (Å²) in [5.41, 5.74) is -0.943. The zero-order chi connectivity index (χ0) is 30.2. The van der Waals surface area contributed by atoms with E-state index in [0.29, 0.717) is 19.3 Å². The monoisotopic (exact) mass is 554 g/mol. The molecular formula is C28H50N4O7. The molecule has 0 bridgehead atoms. The van der Waals surface area contributed by atoms with Gasteiger partial charge in [0, 0.05) is 14.0 Å². The molecule has 11 nitrogen and oxygen atoms in total. The fourth-order valence-corrected chi connectivity index (χ4v) is 4.41. The number of amides is 4. The van der Waals surface area contributed by atoms with Gasteiger partial charge in [0.25, 0.3) is 0 Å². The second-order valence-corrected chi connectivity index (χ2v) is 11.6. The number of epoxide rings is 1. The van der Waals surface area contributed by atoms with Crippen molar-refractivity contribution >= 4 is 29.4 Å². The summed E-state index contributed by atoms with van der Waals surface area (Å²) in [6.45, 7) is 16.0. The smallest absolute Gasteiger partial charge is 0.245 e. The van der Waals surface area contributed by atoms with Crippen molar-refractivity contribution in [2.45, 2.75) is 117 Å². The molecule has 4 N–H and O–H groups in total. The largest absolute Gasteiger partial charge is 0.391 e. The topological polar surface area (TPSA) is 157 Å². The summed E-state index contributed by atoms with van der Waals surface area (Å²) in [5.74, 6) is -2.73. The van der Waals surface area contributed by atoms with Crippen molar-refractivity contribution < 1.29 is 33.8 Å². The molecule has 0 radical (unpaired) electrons. The van der Waals surface area contributed by atoms with Gasteiger partial charge in [0.1, 0.15) is 23.7 Å². The van der Waals surface area contributed by atoms with Gasteiger partial charge < -0.3 is 30.7 Å². The molecular weight excluding hydrogens is 504 g/mol. The number of carbonyl (C=O) groups is 5. The summed E-state index contributed by atoms with van der Waals surface area (Å²) in [7, 11) is 1.55. The number of Topliss-reactive ketones (excluding diaryl/α,β-unsaturated/α-hetero) is 1. The molecule has 39 heavy (non-hydrogen) atoms. The van der Waals surface area contributed by atoms with E-state index < -0.39 is 53.6 Å². The van der Waals surface area contributed by atoms with Crippen molar-refractivity contribution in [1.82, 2.24) is 20.9 Å². The Morgan fingerprint density at radius 3 is 1.77 bits per heavy atom. The third-order valence-corrected chi connectivity index (χ3v) is 7.66. The van der Waals surface area contributed by atoms with Crippen LogP contribution in [0.15, 0.2) is 0 Å². The lowest BCUT2D eigenvalue weighted by Gasteiger charge is -2.34. The molecule has 1 aliphatic heterocycles. The molecule has 4 unspecified atom stereocenters. The van der Waals surface area contributed by atoms with Crippen molar-refractivity contribution in [2.75, 3.05) is 13.7 Å². The standard InChI is InChI=1S/C28H50N4O7/c1-11-16(5)21(30-27(38)23(17(6)12-2)32(10)19(8)34)25(36)31-22(18(7)33)26(37)29-20(13-15(3)4)24(35)28(9)14-39-28/h15-18,20-23,33H,11-14H2,1-10H3,(H,29,37)(H,30,38)(H,31,36)/t16?,17?,18?,20-,21?,22-,23-,28+/m0/s1. The number of hydrogen-bond acceptors (Lipinski definition) is 7. The molecule has 1 fully saturated rings. The van der Waals surface area contributed by atoms with Crippen molar-refractivity contribution in [3.05, 3.63) is 0 Å². The number of ether oxygens (including phenoxy) is 1. The lowest BCUT2D eigenvalue weighted by Crippen LogP contribution is -2.62. The van der Waals surface area contributed by atoms with Crippen LogP contribution in [0.5, 0.6) is 0 Å². The van der Waals surface area contributed by atoms with Crippen molar-refractivity contribution in [1.29, 1.82) is 0 Å². The molecule has 0 aliphatic carbocycles. The first-order valence-electron chi connectivity index (χ1n) is 14.0. The van der Waals surface area contributed by atoms with Gasteiger partial charge in [0.05, 0.1) is 18.8 Å². The van der Waals surface area contributed by atoms with Gasteiger partial charge in [-0.2, -0.15) is 0 Å². The molecule has 0 aromatic carbocycles. The summed E-state index contributed by atoms with van der Waals surface area (Å²) in [6, 6.07) is -4.00. The van der Waals surface area contributed by atoms with Gasteiger partial charge in [-0.25, -0.2) is 0 Å². The maximum absolute atomic E-state index is 13.4. The van der Waals surface area contributed by atoms with E-state index in [0.717, 1.165) is 0 Å². The highest BCUT2D eigenvalue weighted by Crippen LogP contribution is 2.29. The van der Waals surface area contributed by atoms with Crippen molar-refractivity contribution in [3.63, 3.8) is 0 Å². The van der Waals surface area contributed by atoms with Gasteiger partial charge in [-0.1, -0.05) is 54.4 Å². The molecule has 0 saturated carbocycles. The van der Waals surface area contributed by atoms with Gasteiger partial charge in [-0.05, 0) is 38.0 Å². The van der Waals surface area contributed by atoms with Crippen LogP contribution in [0.25, 0.3) is 0 Å². The van der Waals surface area contributed by atoms with Crippen LogP contribution >= 0.6 is 0 Å². The van der Waals surface area contributed by atoms with Crippen LogP contribution in [-0.4, -0.2) is 88.9 Å². The lowest BCUT2D eigenvalue weighted by atomic mass is 9.92. The Balaban J connectivity index is 3.15. The number of ketones is 1. The van der Waals surface area contributed by atoms with E-state index in [4.69, 9.17) is 4.74 Å². The molecule has 8 atom stereocenters. The Kier molecular flexibility index (Phi) is 13.0. The second-order valence-electron chi connectivity index (χ2n) is 11.6. The Morgan fingerprint density at radius 2 is 1.36 bits per heavy atom. The summed E-state index contributed by atoms with van der Waals surface area (Å²) < 4.78 is 5.27. The van der Waals surface area contributed by atoms with Gasteiger partial charge >= 0.3 is 0 Å². The van der Waals surface area contributed by atoms with E-state index in [1.165, 1.54) is 18.7 Å². The highest BCUT2D eigenvalue weighted by atomic mass is 16.6. The number of nitrogens with zero attached hydrogens (tertiary/aromatic N) is 1. The van der Waals surface area contributed by atoms with Crippen molar-refractivity contribution in [3.8, 4) is 0 Å². The third-order valence-electron chi connectivity index (χ3n) is 7.66. The van der Waals surface area contributed by atoms with E-state index >= 15 is 0 Å². The fourth-order valence-electron chi connectivity index (χ4n) is 4.41. The molecule has 1 aliphatic rings. The first-order chi connectivity index (χ1) is 18.0. The van der Waals surface area contributed by atoms with Crippen LogP contribution in [-0.2, 0) is 28.7 Å². The number of aliphatic hydroxyl groups is 1. The molecule has 0 aromatic heterocycles. The second kappa shape index (κ2) is 14.7. The number of rotatable bonds is 16. The van der Waals surface area contributed by atoms with Crippen LogP contribution in [0.3, 0.4) is 0 Å². The van der Waals surface area contributed by atoms with Crippen LogP contribution in [0, 0.1) is 17.8 Å². The predicted molar refractivity (Wildman–Crippen MR) is 147 cm³/mol. The molecule has 1 rings (SSSR count). The highest BCUT2D eigenvalue weighted by molar-refractivity contribution is 5.99. The van der Waals surface area contributed by atoms with Crippen LogP contribution in [0.2, 0.25) is 0 Å². The number of hydrogen-bond donors (Lipinski definition) is 4. The molecule has 0 spiro atoms. The number of aliphatic hydroxyl groups excluding tert-OH is 1. The zero-order valence-corrected chi connectivity index (χ0v) is 25.3. The van der Waals surface area contributed by atoms with E-state index in [1.807, 2.05) is 34.6 Å². The number of nitrogens with one attached hydrogen (secondary N) is 3. The van der Waals surface area contributed by atoms with E-state index in [-0.39, 0.29) is 36.1 Å². The molecule has 0 aromatic rings. The van der Waals surface area contributed by atoms with E-state index in [2.05, 4.69) is 16.0 Å². The summed E-state index contributed by atoms with van der Waals surface area (Å²) in [6.07, 6.45) is 0.280. The van der Waals surface area contributed by atoms with Crippen molar-refractivity contribution in [2.24, 2.45) is 17.8 Å². The Hall–Kier alpha value is -2.53. The Labute approximate surface area is 233 Å². The quantitative estimate of drug-likeness (QED) is 0.209. The predicted octanol–water partition coefficient (Wildman–Crippen LogP) is 1.16. The highest BCUT2D eigenvalue weighted by Gasteiger charge is 2.50.